The smallest absolute Gasteiger partial charge is 0.127 e. The van der Waals surface area contributed by atoms with Crippen molar-refractivity contribution in [3.05, 3.63) is 36.4 Å². The Labute approximate surface area is 130 Å². The molecule has 21 heavy (non-hydrogen) atoms. The summed E-state index contributed by atoms with van der Waals surface area (Å²) in [6.45, 7) is 4.95. The summed E-state index contributed by atoms with van der Waals surface area (Å²) in [6.07, 6.45) is 1.57. The average molecular weight is 305 g/mol. The predicted molar refractivity (Wildman–Crippen MR) is 90.4 cm³/mol. The van der Waals surface area contributed by atoms with Crippen molar-refractivity contribution in [1.29, 1.82) is 0 Å². The molecule has 2 N–H and O–H groups in total. The highest BCUT2D eigenvalue weighted by atomic mass is 32.2. The molecule has 0 aromatic heterocycles. The van der Waals surface area contributed by atoms with E-state index in [0.717, 1.165) is 11.1 Å². The van der Waals surface area contributed by atoms with E-state index >= 15 is 0 Å². The molecule has 2 aromatic carbocycles. The molecular formula is C17H23NO2S. The van der Waals surface area contributed by atoms with Crippen LogP contribution in [0, 0.1) is 0 Å². The normalized spacial score (nSPS) is 12.8. The van der Waals surface area contributed by atoms with E-state index in [9.17, 15) is 5.11 Å². The molecule has 3 nitrogen and oxygen atoms in total. The van der Waals surface area contributed by atoms with Crippen LogP contribution in [-0.2, 0) is 0 Å². The van der Waals surface area contributed by atoms with Gasteiger partial charge in [-0.15, -0.1) is 11.8 Å². The van der Waals surface area contributed by atoms with Crippen LogP contribution in [0.25, 0.3) is 10.8 Å². The summed E-state index contributed by atoms with van der Waals surface area (Å²) in [7, 11) is 0. The maximum absolute atomic E-state index is 9.94. The third-order valence-electron chi connectivity index (χ3n) is 3.26. The van der Waals surface area contributed by atoms with Crippen LogP contribution in [0.15, 0.2) is 41.3 Å². The van der Waals surface area contributed by atoms with Crippen LogP contribution < -0.4 is 10.1 Å². The van der Waals surface area contributed by atoms with E-state index < -0.39 is 6.10 Å². The van der Waals surface area contributed by atoms with E-state index in [4.69, 9.17) is 4.74 Å². The Balaban J connectivity index is 2.09. The quantitative estimate of drug-likeness (QED) is 0.770. The Morgan fingerprint density at radius 3 is 2.52 bits per heavy atom. The summed E-state index contributed by atoms with van der Waals surface area (Å²) in [5, 5.41) is 15.4. The number of rotatable bonds is 7. The van der Waals surface area contributed by atoms with Crippen LogP contribution in [0.5, 0.6) is 5.75 Å². The predicted octanol–water partition coefficient (Wildman–Crippen LogP) is 3.30. The van der Waals surface area contributed by atoms with E-state index in [-0.39, 0.29) is 0 Å². The fourth-order valence-electron chi connectivity index (χ4n) is 2.16. The van der Waals surface area contributed by atoms with Crippen molar-refractivity contribution >= 4 is 22.5 Å². The standard InChI is InChI=1S/C17H23NO2S/c1-12(2)18-10-13(19)11-20-16-8-9-17(21-3)15-7-5-4-6-14(15)16/h4-9,12-13,18-19H,10-11H2,1-3H3. The van der Waals surface area contributed by atoms with Crippen LogP contribution in [0.4, 0.5) is 0 Å². The van der Waals surface area contributed by atoms with Crippen molar-refractivity contribution < 1.29 is 9.84 Å². The Kier molecular flexibility index (Phi) is 5.91. The summed E-state index contributed by atoms with van der Waals surface area (Å²) in [5.74, 6) is 0.826. The summed E-state index contributed by atoms with van der Waals surface area (Å²) in [4.78, 5) is 1.24. The highest BCUT2D eigenvalue weighted by molar-refractivity contribution is 7.98. The molecule has 0 fully saturated rings. The number of fused-ring (bicyclic) bond motifs is 1. The first kappa shape index (κ1) is 16.1. The Bertz CT molecular complexity index is 586. The number of hydrogen-bond acceptors (Lipinski definition) is 4. The number of aliphatic hydroxyl groups excluding tert-OH is 1. The van der Waals surface area contributed by atoms with E-state index in [1.54, 1.807) is 11.8 Å². The molecule has 0 radical (unpaired) electrons. The number of nitrogens with one attached hydrogen (secondary N) is 1. The minimum absolute atomic E-state index is 0.294. The van der Waals surface area contributed by atoms with Crippen molar-refractivity contribution in [1.82, 2.24) is 5.32 Å². The molecule has 2 rings (SSSR count). The topological polar surface area (TPSA) is 41.5 Å². The van der Waals surface area contributed by atoms with Gasteiger partial charge < -0.3 is 15.2 Å². The van der Waals surface area contributed by atoms with Crippen molar-refractivity contribution in [2.45, 2.75) is 30.9 Å². The zero-order valence-electron chi connectivity index (χ0n) is 12.8. The van der Waals surface area contributed by atoms with Crippen molar-refractivity contribution in [2.75, 3.05) is 19.4 Å². The van der Waals surface area contributed by atoms with Gasteiger partial charge in [0.1, 0.15) is 18.5 Å². The number of thioether (sulfide) groups is 1. The first-order valence-corrected chi connectivity index (χ1v) is 8.44. The molecule has 0 amide bonds. The Morgan fingerprint density at radius 1 is 1.14 bits per heavy atom. The molecule has 0 heterocycles. The van der Waals surface area contributed by atoms with Crippen LogP contribution in [0.3, 0.4) is 0 Å². The summed E-state index contributed by atoms with van der Waals surface area (Å²) in [5.41, 5.74) is 0. The lowest BCUT2D eigenvalue weighted by atomic mass is 10.1. The van der Waals surface area contributed by atoms with Gasteiger partial charge in [-0.2, -0.15) is 0 Å². The van der Waals surface area contributed by atoms with Crippen LogP contribution >= 0.6 is 11.8 Å². The molecule has 0 bridgehead atoms. The molecule has 114 valence electrons. The number of ether oxygens (including phenoxy) is 1. The summed E-state index contributed by atoms with van der Waals surface area (Å²) < 4.78 is 5.81. The van der Waals surface area contributed by atoms with E-state index in [1.807, 2.05) is 18.2 Å². The molecule has 0 aliphatic heterocycles. The van der Waals surface area contributed by atoms with Crippen molar-refractivity contribution in [3.8, 4) is 5.75 Å². The highest BCUT2D eigenvalue weighted by Crippen LogP contribution is 2.32. The maximum atomic E-state index is 9.94. The fraction of sp³-hybridized carbons (Fsp3) is 0.412. The van der Waals surface area contributed by atoms with Crippen molar-refractivity contribution in [2.24, 2.45) is 0 Å². The number of hydrogen-bond donors (Lipinski definition) is 2. The van der Waals surface area contributed by atoms with Crippen molar-refractivity contribution in [3.63, 3.8) is 0 Å². The van der Waals surface area contributed by atoms with Gasteiger partial charge in [0.05, 0.1) is 0 Å². The highest BCUT2D eigenvalue weighted by Gasteiger charge is 2.09. The van der Waals surface area contributed by atoms with E-state index in [0.29, 0.717) is 19.2 Å². The summed E-state index contributed by atoms with van der Waals surface area (Å²) >= 11 is 1.73. The van der Waals surface area contributed by atoms with E-state index in [1.165, 1.54) is 10.3 Å². The average Bonchev–Trinajstić information content (AvgIpc) is 2.50. The van der Waals surface area contributed by atoms with Crippen LogP contribution in [0.2, 0.25) is 0 Å². The molecule has 0 saturated heterocycles. The molecular weight excluding hydrogens is 282 g/mol. The zero-order valence-corrected chi connectivity index (χ0v) is 13.6. The van der Waals surface area contributed by atoms with Gasteiger partial charge in [0, 0.05) is 22.9 Å². The summed E-state index contributed by atoms with van der Waals surface area (Å²) in [6, 6.07) is 12.6. The molecule has 4 heteroatoms. The van der Waals surface area contributed by atoms with Crippen LogP contribution in [0.1, 0.15) is 13.8 Å². The minimum atomic E-state index is -0.508. The maximum Gasteiger partial charge on any atom is 0.127 e. The second kappa shape index (κ2) is 7.69. The van der Waals surface area contributed by atoms with Gasteiger partial charge in [-0.3, -0.25) is 0 Å². The van der Waals surface area contributed by atoms with Gasteiger partial charge in [-0.05, 0) is 23.8 Å². The molecule has 1 unspecified atom stereocenters. The molecule has 0 saturated carbocycles. The minimum Gasteiger partial charge on any atom is -0.490 e. The molecule has 0 aliphatic rings. The van der Waals surface area contributed by atoms with Gasteiger partial charge >= 0.3 is 0 Å². The van der Waals surface area contributed by atoms with Crippen LogP contribution in [-0.4, -0.2) is 36.7 Å². The van der Waals surface area contributed by atoms with E-state index in [2.05, 4.69) is 43.6 Å². The largest absolute Gasteiger partial charge is 0.490 e. The van der Waals surface area contributed by atoms with Gasteiger partial charge in [0.25, 0.3) is 0 Å². The first-order valence-electron chi connectivity index (χ1n) is 7.21. The molecule has 1 atom stereocenters. The third kappa shape index (κ3) is 4.37. The third-order valence-corrected chi connectivity index (χ3v) is 4.05. The van der Waals surface area contributed by atoms with Gasteiger partial charge in [0.15, 0.2) is 0 Å². The lowest BCUT2D eigenvalue weighted by molar-refractivity contribution is 0.105. The zero-order chi connectivity index (χ0) is 15.2. The van der Waals surface area contributed by atoms with Gasteiger partial charge in [-0.1, -0.05) is 38.1 Å². The lowest BCUT2D eigenvalue weighted by Gasteiger charge is -2.16. The van der Waals surface area contributed by atoms with Gasteiger partial charge in [0.2, 0.25) is 0 Å². The number of benzene rings is 2. The first-order chi connectivity index (χ1) is 10.1. The van der Waals surface area contributed by atoms with Gasteiger partial charge in [-0.25, -0.2) is 0 Å². The monoisotopic (exact) mass is 305 g/mol. The molecule has 2 aromatic rings. The Hall–Kier alpha value is -1.23. The second-order valence-electron chi connectivity index (χ2n) is 5.34. The molecule has 0 aliphatic carbocycles. The fourth-order valence-corrected chi connectivity index (χ4v) is 2.77. The molecule has 0 spiro atoms. The lowest BCUT2D eigenvalue weighted by Crippen LogP contribution is -2.35. The Morgan fingerprint density at radius 2 is 1.86 bits per heavy atom. The second-order valence-corrected chi connectivity index (χ2v) is 6.19. The SMILES string of the molecule is CSc1ccc(OCC(O)CNC(C)C)c2ccccc12. The number of aliphatic hydroxyl groups is 1.